The molecule has 1 aromatic heterocycles. The van der Waals surface area contributed by atoms with Gasteiger partial charge >= 0.3 is 0 Å². The highest BCUT2D eigenvalue weighted by Gasteiger charge is 2.19. The fourth-order valence-corrected chi connectivity index (χ4v) is 0.900. The molecule has 2 nitrogen and oxygen atoms in total. The molecule has 0 fully saturated rings. The van der Waals surface area contributed by atoms with Crippen LogP contribution in [0.1, 0.15) is 27.7 Å². The van der Waals surface area contributed by atoms with Gasteiger partial charge in [-0.2, -0.15) is 0 Å². The second kappa shape index (κ2) is 3.95. The normalized spacial score (nSPS) is 13.8. The summed E-state index contributed by atoms with van der Waals surface area (Å²) in [6, 6.07) is 3.35. The van der Waals surface area contributed by atoms with E-state index in [4.69, 9.17) is 0 Å². The molecular formula is C11H17FN2. The Balaban J connectivity index is 2.65. The van der Waals surface area contributed by atoms with Gasteiger partial charge in [-0.3, -0.25) is 0 Å². The molecule has 0 aromatic carbocycles. The van der Waals surface area contributed by atoms with Gasteiger partial charge in [0.2, 0.25) is 0 Å². The van der Waals surface area contributed by atoms with Crippen molar-refractivity contribution in [3.8, 4) is 0 Å². The molecule has 0 aliphatic carbocycles. The molecule has 0 amide bonds. The smallest absolute Gasteiger partial charge is 0.141 e. The number of nitrogens with zero attached hydrogens (tertiary/aromatic N) is 1. The van der Waals surface area contributed by atoms with Crippen LogP contribution in [0.15, 0.2) is 18.3 Å². The van der Waals surface area contributed by atoms with Crippen molar-refractivity contribution >= 4 is 5.82 Å². The van der Waals surface area contributed by atoms with Crippen LogP contribution in [0.5, 0.6) is 0 Å². The second-order valence-electron chi connectivity index (χ2n) is 4.59. The van der Waals surface area contributed by atoms with Gasteiger partial charge in [0.15, 0.2) is 0 Å². The van der Waals surface area contributed by atoms with Crippen molar-refractivity contribution in [2.24, 2.45) is 5.41 Å². The molecule has 1 rings (SSSR count). The topological polar surface area (TPSA) is 24.9 Å². The average molecular weight is 196 g/mol. The van der Waals surface area contributed by atoms with Crippen molar-refractivity contribution in [2.45, 2.75) is 33.7 Å². The molecule has 1 heterocycles. The monoisotopic (exact) mass is 196 g/mol. The fraction of sp³-hybridized carbons (Fsp3) is 0.545. The highest BCUT2D eigenvalue weighted by molar-refractivity contribution is 5.35. The lowest BCUT2D eigenvalue weighted by molar-refractivity contribution is 0.358. The molecule has 14 heavy (non-hydrogen) atoms. The lowest BCUT2D eigenvalue weighted by Crippen LogP contribution is -2.31. The highest BCUT2D eigenvalue weighted by atomic mass is 19.1. The maximum absolute atomic E-state index is 12.6. The van der Waals surface area contributed by atoms with Crippen molar-refractivity contribution in [1.29, 1.82) is 0 Å². The van der Waals surface area contributed by atoms with Crippen LogP contribution in [0.2, 0.25) is 0 Å². The number of hydrogen-bond donors (Lipinski definition) is 1. The van der Waals surface area contributed by atoms with Crippen molar-refractivity contribution in [1.82, 2.24) is 4.98 Å². The van der Waals surface area contributed by atoms with Crippen LogP contribution >= 0.6 is 0 Å². The maximum Gasteiger partial charge on any atom is 0.141 e. The van der Waals surface area contributed by atoms with Crippen LogP contribution in [0, 0.1) is 11.2 Å². The Labute approximate surface area is 84.6 Å². The van der Waals surface area contributed by atoms with Crippen LogP contribution in [0.25, 0.3) is 0 Å². The summed E-state index contributed by atoms with van der Waals surface area (Å²) in [5.74, 6) is 0.410. The third-order valence-electron chi connectivity index (χ3n) is 2.39. The number of halogens is 1. The number of aromatic nitrogens is 1. The summed E-state index contributed by atoms with van der Waals surface area (Å²) in [4.78, 5) is 3.95. The molecule has 1 aromatic rings. The van der Waals surface area contributed by atoms with Gasteiger partial charge in [0.25, 0.3) is 0 Å². The Hall–Kier alpha value is -1.12. The average Bonchev–Trinajstić information content (AvgIpc) is 2.07. The largest absolute Gasteiger partial charge is 0.367 e. The van der Waals surface area contributed by atoms with E-state index in [9.17, 15) is 4.39 Å². The Morgan fingerprint density at radius 1 is 1.36 bits per heavy atom. The number of pyridine rings is 1. The third kappa shape index (κ3) is 2.98. The Morgan fingerprint density at radius 3 is 2.43 bits per heavy atom. The van der Waals surface area contributed by atoms with Crippen molar-refractivity contribution in [2.75, 3.05) is 5.32 Å². The Kier molecular flexibility index (Phi) is 3.09. The lowest BCUT2D eigenvalue weighted by atomic mass is 9.88. The summed E-state index contributed by atoms with van der Waals surface area (Å²) in [7, 11) is 0. The SMILES string of the molecule is CC(Nc1ccc(F)cn1)C(C)(C)C. The summed E-state index contributed by atoms with van der Waals surface area (Å²) in [5.41, 5.74) is 0.163. The number of anilines is 1. The number of rotatable bonds is 2. The second-order valence-corrected chi connectivity index (χ2v) is 4.59. The number of nitrogens with one attached hydrogen (secondary N) is 1. The van der Waals surface area contributed by atoms with Crippen molar-refractivity contribution in [3.63, 3.8) is 0 Å². The minimum atomic E-state index is -0.307. The molecule has 0 saturated carbocycles. The zero-order valence-corrected chi connectivity index (χ0v) is 9.13. The zero-order valence-electron chi connectivity index (χ0n) is 9.13. The van der Waals surface area contributed by atoms with E-state index in [0.717, 1.165) is 0 Å². The van der Waals surface area contributed by atoms with E-state index in [0.29, 0.717) is 11.9 Å². The molecule has 0 bridgehead atoms. The first-order chi connectivity index (χ1) is 6.39. The molecule has 1 unspecified atom stereocenters. The quantitative estimate of drug-likeness (QED) is 0.786. The van der Waals surface area contributed by atoms with Gasteiger partial charge in [0.05, 0.1) is 6.20 Å². The minimum Gasteiger partial charge on any atom is -0.367 e. The van der Waals surface area contributed by atoms with Crippen LogP contribution in [0.3, 0.4) is 0 Å². The first kappa shape index (κ1) is 11.0. The summed E-state index contributed by atoms with van der Waals surface area (Å²) in [6.45, 7) is 8.53. The molecule has 3 heteroatoms. The fourth-order valence-electron chi connectivity index (χ4n) is 0.900. The van der Waals surface area contributed by atoms with Gasteiger partial charge < -0.3 is 5.32 Å². The molecule has 1 atom stereocenters. The molecule has 0 aliphatic heterocycles. The van der Waals surface area contributed by atoms with E-state index in [1.165, 1.54) is 12.3 Å². The number of hydrogen-bond acceptors (Lipinski definition) is 2. The van der Waals surface area contributed by atoms with Gasteiger partial charge in [-0.15, -0.1) is 0 Å². The minimum absolute atomic E-state index is 0.163. The summed E-state index contributed by atoms with van der Waals surface area (Å²) in [5, 5.41) is 3.23. The van der Waals surface area contributed by atoms with Crippen LogP contribution < -0.4 is 5.32 Å². The standard InChI is InChI=1S/C11H17FN2/c1-8(11(2,3)4)14-10-6-5-9(12)7-13-10/h5-8H,1-4H3,(H,13,14). The molecular weight excluding hydrogens is 179 g/mol. The van der Waals surface area contributed by atoms with Gasteiger partial charge in [0.1, 0.15) is 11.6 Å². The predicted octanol–water partition coefficient (Wildman–Crippen LogP) is 3.07. The Bertz CT molecular complexity index is 287. The summed E-state index contributed by atoms with van der Waals surface area (Å²) < 4.78 is 12.6. The molecule has 0 radical (unpaired) electrons. The first-order valence-corrected chi connectivity index (χ1v) is 4.77. The molecule has 0 saturated heterocycles. The Morgan fingerprint density at radius 2 is 2.00 bits per heavy atom. The predicted molar refractivity (Wildman–Crippen MR) is 56.7 cm³/mol. The molecule has 78 valence electrons. The summed E-state index contributed by atoms with van der Waals surface area (Å²) >= 11 is 0. The molecule has 0 spiro atoms. The van der Waals surface area contributed by atoms with Gasteiger partial charge in [-0.1, -0.05) is 20.8 Å². The first-order valence-electron chi connectivity index (χ1n) is 4.77. The van der Waals surface area contributed by atoms with Crippen LogP contribution in [-0.4, -0.2) is 11.0 Å². The lowest BCUT2D eigenvalue weighted by Gasteiger charge is -2.28. The van der Waals surface area contributed by atoms with E-state index in [2.05, 4.69) is 38.0 Å². The summed E-state index contributed by atoms with van der Waals surface area (Å²) in [6.07, 6.45) is 1.22. The molecule has 0 aliphatic rings. The zero-order chi connectivity index (χ0) is 10.8. The van der Waals surface area contributed by atoms with Gasteiger partial charge in [-0.05, 0) is 24.5 Å². The highest BCUT2D eigenvalue weighted by Crippen LogP contribution is 2.21. The van der Waals surface area contributed by atoms with Gasteiger partial charge in [0, 0.05) is 6.04 Å². The van der Waals surface area contributed by atoms with Crippen LogP contribution in [0.4, 0.5) is 10.2 Å². The van der Waals surface area contributed by atoms with E-state index >= 15 is 0 Å². The van der Waals surface area contributed by atoms with E-state index in [1.807, 2.05) is 0 Å². The molecule has 1 N–H and O–H groups in total. The van der Waals surface area contributed by atoms with E-state index < -0.39 is 0 Å². The van der Waals surface area contributed by atoms with E-state index in [1.54, 1.807) is 6.07 Å². The maximum atomic E-state index is 12.6. The van der Waals surface area contributed by atoms with Gasteiger partial charge in [-0.25, -0.2) is 9.37 Å². The van der Waals surface area contributed by atoms with Crippen molar-refractivity contribution in [3.05, 3.63) is 24.1 Å². The van der Waals surface area contributed by atoms with Crippen LogP contribution in [-0.2, 0) is 0 Å². The van der Waals surface area contributed by atoms with Crippen molar-refractivity contribution < 1.29 is 4.39 Å². The third-order valence-corrected chi connectivity index (χ3v) is 2.39. The van der Waals surface area contributed by atoms with E-state index in [-0.39, 0.29) is 11.2 Å².